The topological polar surface area (TPSA) is 29.3 Å². The molecule has 1 saturated heterocycles. The highest BCUT2D eigenvalue weighted by Crippen LogP contribution is 2.09. The number of carbonyl (C=O) groups excluding carboxylic acids is 1. The molecule has 0 radical (unpaired) electrons. The van der Waals surface area contributed by atoms with Crippen LogP contribution in [0.15, 0.2) is 12.2 Å². The largest absolute Gasteiger partial charge is 0.462 e. The molecule has 0 atom stereocenters. The zero-order chi connectivity index (χ0) is 12.5. The molecule has 0 aromatic heterocycles. The second kappa shape index (κ2) is 8.29. The lowest BCUT2D eigenvalue weighted by Crippen LogP contribution is -2.06. The Hall–Kier alpha value is -0.830. The highest BCUT2D eigenvalue weighted by molar-refractivity contribution is 5.86. The van der Waals surface area contributed by atoms with Gasteiger partial charge in [-0.15, -0.1) is 0 Å². The van der Waals surface area contributed by atoms with Gasteiger partial charge in [0.05, 0.1) is 6.61 Å². The maximum absolute atomic E-state index is 11.1. The van der Waals surface area contributed by atoms with Crippen molar-refractivity contribution in [2.75, 3.05) is 26.2 Å². The molecule has 0 aromatic rings. The lowest BCUT2D eigenvalue weighted by atomic mass is 10.1. The molecule has 98 valence electrons. The van der Waals surface area contributed by atoms with Gasteiger partial charge in [-0.1, -0.05) is 32.3 Å². The van der Waals surface area contributed by atoms with Gasteiger partial charge in [-0.2, -0.15) is 0 Å². The quantitative estimate of drug-likeness (QED) is 0.254. The summed E-state index contributed by atoms with van der Waals surface area (Å²) in [6.07, 6.45) is 7.37. The van der Waals surface area contributed by atoms with Gasteiger partial charge in [0.2, 0.25) is 0 Å². The van der Waals surface area contributed by atoms with Crippen LogP contribution in [0.3, 0.4) is 0 Å². The highest BCUT2D eigenvalue weighted by atomic mass is 16.5. The fourth-order valence-corrected chi connectivity index (χ4v) is 1.73. The number of hydrogen-bond acceptors (Lipinski definition) is 3. The van der Waals surface area contributed by atoms with Gasteiger partial charge in [-0.25, -0.2) is 4.79 Å². The smallest absolute Gasteiger partial charge is 0.333 e. The van der Waals surface area contributed by atoms with Crippen LogP contribution in [-0.2, 0) is 9.53 Å². The van der Waals surface area contributed by atoms with E-state index in [4.69, 9.17) is 4.74 Å². The summed E-state index contributed by atoms with van der Waals surface area (Å²) < 4.78 is 5.03. The molecule has 0 saturated carbocycles. The number of ether oxygens (including phenoxy) is 1. The van der Waals surface area contributed by atoms with Crippen LogP contribution in [0.2, 0.25) is 0 Å². The average molecular weight is 239 g/mol. The lowest BCUT2D eigenvalue weighted by molar-refractivity contribution is -0.139. The van der Waals surface area contributed by atoms with Crippen molar-refractivity contribution in [3.63, 3.8) is 0 Å². The van der Waals surface area contributed by atoms with Gasteiger partial charge in [0.15, 0.2) is 0 Å². The molecule has 1 rings (SSSR count). The monoisotopic (exact) mass is 239 g/mol. The Morgan fingerprint density at radius 3 is 2.29 bits per heavy atom. The Bertz CT molecular complexity index is 247. The van der Waals surface area contributed by atoms with E-state index < -0.39 is 0 Å². The van der Waals surface area contributed by atoms with E-state index in [-0.39, 0.29) is 5.97 Å². The van der Waals surface area contributed by atoms with Crippen LogP contribution in [0.4, 0.5) is 0 Å². The van der Waals surface area contributed by atoms with Crippen molar-refractivity contribution in [3.05, 3.63) is 12.2 Å². The van der Waals surface area contributed by atoms with E-state index in [1.54, 1.807) is 6.92 Å². The van der Waals surface area contributed by atoms with Crippen molar-refractivity contribution in [2.45, 2.75) is 45.4 Å². The summed E-state index contributed by atoms with van der Waals surface area (Å²) in [6.45, 7) is 9.68. The zero-order valence-electron chi connectivity index (χ0n) is 11.0. The molecule has 3 nitrogen and oxygen atoms in total. The molecule has 0 unspecified atom stereocenters. The maximum Gasteiger partial charge on any atom is 0.333 e. The fourth-order valence-electron chi connectivity index (χ4n) is 1.73. The van der Waals surface area contributed by atoms with E-state index in [0.29, 0.717) is 12.2 Å². The maximum atomic E-state index is 11.1. The third-order valence-corrected chi connectivity index (χ3v) is 2.99. The molecule has 1 fully saturated rings. The van der Waals surface area contributed by atoms with Crippen molar-refractivity contribution >= 4 is 5.97 Å². The second-order valence-corrected chi connectivity index (χ2v) is 4.88. The molecule has 0 spiro atoms. The van der Waals surface area contributed by atoms with Gasteiger partial charge in [-0.05, 0) is 26.3 Å². The van der Waals surface area contributed by atoms with E-state index in [1.165, 1.54) is 45.3 Å². The summed E-state index contributed by atoms with van der Waals surface area (Å²) in [5, 5.41) is 0. The van der Waals surface area contributed by atoms with Crippen LogP contribution in [-0.4, -0.2) is 37.1 Å². The Morgan fingerprint density at radius 2 is 1.71 bits per heavy atom. The first-order valence-electron chi connectivity index (χ1n) is 6.75. The van der Waals surface area contributed by atoms with Crippen molar-refractivity contribution in [1.29, 1.82) is 0 Å². The SMILES string of the molecule is C=C(C)C(=O)OCCCCCCCCN1CC1. The van der Waals surface area contributed by atoms with Crippen LogP contribution in [0.25, 0.3) is 0 Å². The molecule has 3 heteroatoms. The minimum absolute atomic E-state index is 0.261. The Labute approximate surface area is 105 Å². The molecule has 1 heterocycles. The number of carbonyl (C=O) groups is 1. The first-order valence-corrected chi connectivity index (χ1v) is 6.75. The van der Waals surface area contributed by atoms with E-state index in [9.17, 15) is 4.79 Å². The van der Waals surface area contributed by atoms with Gasteiger partial charge in [0, 0.05) is 18.7 Å². The van der Waals surface area contributed by atoms with Crippen molar-refractivity contribution in [3.8, 4) is 0 Å². The van der Waals surface area contributed by atoms with Crippen LogP contribution < -0.4 is 0 Å². The van der Waals surface area contributed by atoms with E-state index in [2.05, 4.69) is 11.5 Å². The summed E-state index contributed by atoms with van der Waals surface area (Å²) in [6, 6.07) is 0. The second-order valence-electron chi connectivity index (χ2n) is 4.88. The van der Waals surface area contributed by atoms with Crippen LogP contribution in [0.1, 0.15) is 45.4 Å². The predicted octanol–water partition coefficient (Wildman–Crippen LogP) is 2.76. The van der Waals surface area contributed by atoms with Gasteiger partial charge < -0.3 is 9.64 Å². The summed E-state index contributed by atoms with van der Waals surface area (Å²) in [7, 11) is 0. The Balaban J connectivity index is 1.74. The molecule has 0 N–H and O–H groups in total. The number of hydrogen-bond donors (Lipinski definition) is 0. The summed E-state index contributed by atoms with van der Waals surface area (Å²) in [5.74, 6) is -0.261. The molecule has 0 bridgehead atoms. The van der Waals surface area contributed by atoms with Crippen molar-refractivity contribution in [1.82, 2.24) is 4.90 Å². The Kier molecular flexibility index (Phi) is 6.94. The van der Waals surface area contributed by atoms with Crippen LogP contribution in [0.5, 0.6) is 0 Å². The van der Waals surface area contributed by atoms with Gasteiger partial charge in [-0.3, -0.25) is 0 Å². The molecule has 0 amide bonds. The standard InChI is InChI=1S/C14H25NO2/c1-13(2)14(16)17-12-8-6-4-3-5-7-9-15-10-11-15/h1,3-12H2,2H3. The number of rotatable bonds is 10. The summed E-state index contributed by atoms with van der Waals surface area (Å²) >= 11 is 0. The first-order chi connectivity index (χ1) is 8.20. The first kappa shape index (κ1) is 14.2. The zero-order valence-corrected chi connectivity index (χ0v) is 11.0. The molecule has 17 heavy (non-hydrogen) atoms. The average Bonchev–Trinajstić information content (AvgIpc) is 3.10. The van der Waals surface area contributed by atoms with E-state index in [0.717, 1.165) is 12.8 Å². The van der Waals surface area contributed by atoms with Gasteiger partial charge in [0.1, 0.15) is 0 Å². The van der Waals surface area contributed by atoms with Gasteiger partial charge in [0.25, 0.3) is 0 Å². The number of esters is 1. The van der Waals surface area contributed by atoms with Gasteiger partial charge >= 0.3 is 5.97 Å². The van der Waals surface area contributed by atoms with Crippen LogP contribution >= 0.6 is 0 Å². The molecule has 1 aliphatic rings. The normalized spacial score (nSPS) is 14.6. The third kappa shape index (κ3) is 7.97. The molecule has 0 aromatic carbocycles. The van der Waals surface area contributed by atoms with Crippen molar-refractivity contribution < 1.29 is 9.53 Å². The van der Waals surface area contributed by atoms with E-state index in [1.807, 2.05) is 0 Å². The minimum atomic E-state index is -0.261. The highest BCUT2D eigenvalue weighted by Gasteiger charge is 2.14. The Morgan fingerprint density at radius 1 is 1.12 bits per heavy atom. The minimum Gasteiger partial charge on any atom is -0.462 e. The van der Waals surface area contributed by atoms with E-state index >= 15 is 0 Å². The molecular weight excluding hydrogens is 214 g/mol. The lowest BCUT2D eigenvalue weighted by Gasteiger charge is -2.04. The van der Waals surface area contributed by atoms with Crippen LogP contribution in [0, 0.1) is 0 Å². The predicted molar refractivity (Wildman–Crippen MR) is 69.9 cm³/mol. The third-order valence-electron chi connectivity index (χ3n) is 2.99. The summed E-state index contributed by atoms with van der Waals surface area (Å²) in [4.78, 5) is 13.5. The van der Waals surface area contributed by atoms with Crippen molar-refractivity contribution in [2.24, 2.45) is 0 Å². The molecule has 1 aliphatic heterocycles. The number of nitrogens with zero attached hydrogens (tertiary/aromatic N) is 1. The number of unbranched alkanes of at least 4 members (excludes halogenated alkanes) is 5. The molecule has 0 aliphatic carbocycles. The summed E-state index contributed by atoms with van der Waals surface area (Å²) in [5.41, 5.74) is 0.486. The molecular formula is C14H25NO2. The fraction of sp³-hybridized carbons (Fsp3) is 0.786.